The second-order valence-corrected chi connectivity index (χ2v) is 7.39. The molecule has 2 aliphatic rings. The van der Waals surface area contributed by atoms with Crippen LogP contribution in [-0.4, -0.2) is 36.6 Å². The Morgan fingerprint density at radius 2 is 2.00 bits per heavy atom. The Labute approximate surface area is 120 Å². The maximum Gasteiger partial charge on any atom is 0.0197 e. The average molecular weight is 266 g/mol. The van der Waals surface area contributed by atoms with Gasteiger partial charge in [-0.1, -0.05) is 40.0 Å². The van der Waals surface area contributed by atoms with E-state index in [4.69, 9.17) is 0 Å². The van der Waals surface area contributed by atoms with Crippen LogP contribution in [0.3, 0.4) is 0 Å². The Hall–Kier alpha value is -0.0800. The van der Waals surface area contributed by atoms with Crippen molar-refractivity contribution in [1.29, 1.82) is 0 Å². The number of nitrogens with zero attached hydrogens (tertiary/aromatic N) is 1. The van der Waals surface area contributed by atoms with E-state index >= 15 is 0 Å². The molecule has 2 heteroatoms. The monoisotopic (exact) mass is 266 g/mol. The molecule has 0 radical (unpaired) electrons. The Balaban J connectivity index is 1.67. The van der Waals surface area contributed by atoms with E-state index in [1.807, 2.05) is 0 Å². The van der Waals surface area contributed by atoms with Crippen LogP contribution in [0.25, 0.3) is 0 Å². The van der Waals surface area contributed by atoms with Gasteiger partial charge in [0.2, 0.25) is 0 Å². The van der Waals surface area contributed by atoms with Gasteiger partial charge < -0.3 is 10.2 Å². The number of hydrogen-bond donors (Lipinski definition) is 1. The minimum atomic E-state index is 0.629. The van der Waals surface area contributed by atoms with Crippen LogP contribution in [0, 0.1) is 11.8 Å². The van der Waals surface area contributed by atoms with Gasteiger partial charge in [-0.2, -0.15) is 0 Å². The molecule has 3 unspecified atom stereocenters. The van der Waals surface area contributed by atoms with Crippen LogP contribution in [-0.2, 0) is 0 Å². The minimum Gasteiger partial charge on any atom is -0.311 e. The first kappa shape index (κ1) is 15.3. The molecule has 1 aliphatic heterocycles. The number of likely N-dealkylation sites (tertiary alicyclic amines) is 1. The summed E-state index contributed by atoms with van der Waals surface area (Å²) in [5.74, 6) is 2.00. The Morgan fingerprint density at radius 1 is 1.16 bits per heavy atom. The van der Waals surface area contributed by atoms with Crippen molar-refractivity contribution in [1.82, 2.24) is 10.2 Å². The van der Waals surface area contributed by atoms with E-state index in [9.17, 15) is 0 Å². The molecule has 19 heavy (non-hydrogen) atoms. The second kappa shape index (κ2) is 7.64. The molecule has 2 nitrogen and oxygen atoms in total. The molecule has 1 saturated carbocycles. The Kier molecular flexibility index (Phi) is 6.15. The molecule has 0 spiro atoms. The first-order chi connectivity index (χ1) is 9.13. The van der Waals surface area contributed by atoms with Gasteiger partial charge in [0.05, 0.1) is 0 Å². The van der Waals surface area contributed by atoms with Crippen molar-refractivity contribution in [3.05, 3.63) is 0 Å². The van der Waals surface area contributed by atoms with Crippen molar-refractivity contribution in [2.24, 2.45) is 11.8 Å². The van der Waals surface area contributed by atoms with Crippen LogP contribution in [0.5, 0.6) is 0 Å². The highest BCUT2D eigenvalue weighted by Gasteiger charge is 2.23. The van der Waals surface area contributed by atoms with Gasteiger partial charge in [0.1, 0.15) is 0 Å². The molecule has 2 rings (SSSR count). The summed E-state index contributed by atoms with van der Waals surface area (Å²) in [4.78, 5) is 2.71. The van der Waals surface area contributed by atoms with Gasteiger partial charge in [-0.25, -0.2) is 0 Å². The zero-order valence-corrected chi connectivity index (χ0v) is 13.3. The average Bonchev–Trinajstić information content (AvgIpc) is 2.36. The molecule has 0 aromatic carbocycles. The van der Waals surface area contributed by atoms with Gasteiger partial charge in [0.25, 0.3) is 0 Å². The Morgan fingerprint density at radius 3 is 2.74 bits per heavy atom. The summed E-state index contributed by atoms with van der Waals surface area (Å²) in [6.07, 6.45) is 10.1. The van der Waals surface area contributed by atoms with Crippen LogP contribution >= 0.6 is 0 Å². The topological polar surface area (TPSA) is 15.3 Å². The molecule has 1 N–H and O–H groups in total. The number of nitrogens with one attached hydrogen (secondary N) is 1. The van der Waals surface area contributed by atoms with Crippen LogP contribution in [0.1, 0.15) is 65.7 Å². The van der Waals surface area contributed by atoms with Gasteiger partial charge >= 0.3 is 0 Å². The van der Waals surface area contributed by atoms with Crippen molar-refractivity contribution < 1.29 is 0 Å². The molecule has 0 aromatic rings. The molecule has 0 aromatic heterocycles. The highest BCUT2D eigenvalue weighted by Crippen LogP contribution is 2.30. The summed E-state index contributed by atoms with van der Waals surface area (Å²) in [7, 11) is 0. The maximum atomic E-state index is 3.72. The number of piperidine rings is 1. The summed E-state index contributed by atoms with van der Waals surface area (Å²) in [6, 6.07) is 1.36. The third kappa shape index (κ3) is 5.43. The number of hydrogen-bond acceptors (Lipinski definition) is 2. The van der Waals surface area contributed by atoms with E-state index in [2.05, 4.69) is 31.0 Å². The standard InChI is InChI=1S/C17H34N2/c1-14(2)18-17-8-5-10-19(13-17)11-9-16-7-4-6-15(3)12-16/h14-18H,4-13H2,1-3H3. The zero-order valence-electron chi connectivity index (χ0n) is 13.3. The lowest BCUT2D eigenvalue weighted by Crippen LogP contribution is -2.48. The molecule has 112 valence electrons. The molecular weight excluding hydrogens is 232 g/mol. The second-order valence-electron chi connectivity index (χ2n) is 7.39. The molecule has 0 bridgehead atoms. The normalized spacial score (nSPS) is 33.8. The Bertz CT molecular complexity index is 252. The van der Waals surface area contributed by atoms with E-state index in [-0.39, 0.29) is 0 Å². The molecule has 1 saturated heterocycles. The largest absolute Gasteiger partial charge is 0.311 e. The highest BCUT2D eigenvalue weighted by atomic mass is 15.2. The first-order valence-corrected chi connectivity index (χ1v) is 8.62. The summed E-state index contributed by atoms with van der Waals surface area (Å²) < 4.78 is 0. The molecule has 3 atom stereocenters. The van der Waals surface area contributed by atoms with Crippen molar-refractivity contribution in [3.8, 4) is 0 Å². The third-order valence-electron chi connectivity index (χ3n) is 4.97. The fourth-order valence-electron chi connectivity index (χ4n) is 4.05. The SMILES string of the molecule is CC1CCCC(CCN2CCCC(NC(C)C)C2)C1. The molecule has 2 fully saturated rings. The molecule has 0 amide bonds. The minimum absolute atomic E-state index is 0.629. The van der Waals surface area contributed by atoms with Crippen LogP contribution < -0.4 is 5.32 Å². The summed E-state index contributed by atoms with van der Waals surface area (Å²) in [6.45, 7) is 10.9. The van der Waals surface area contributed by atoms with Crippen molar-refractivity contribution in [2.45, 2.75) is 77.8 Å². The molecule has 1 aliphatic carbocycles. The van der Waals surface area contributed by atoms with E-state index in [1.54, 1.807) is 0 Å². The van der Waals surface area contributed by atoms with E-state index in [0.29, 0.717) is 6.04 Å². The van der Waals surface area contributed by atoms with E-state index in [1.165, 1.54) is 64.6 Å². The van der Waals surface area contributed by atoms with Crippen molar-refractivity contribution >= 4 is 0 Å². The van der Waals surface area contributed by atoms with Crippen molar-refractivity contribution in [2.75, 3.05) is 19.6 Å². The van der Waals surface area contributed by atoms with Gasteiger partial charge in [-0.3, -0.25) is 0 Å². The van der Waals surface area contributed by atoms with Crippen LogP contribution in [0.15, 0.2) is 0 Å². The van der Waals surface area contributed by atoms with E-state index < -0.39 is 0 Å². The van der Waals surface area contributed by atoms with Gasteiger partial charge in [-0.05, 0) is 50.6 Å². The van der Waals surface area contributed by atoms with Gasteiger partial charge in [-0.15, -0.1) is 0 Å². The predicted octanol–water partition coefficient (Wildman–Crippen LogP) is 3.67. The maximum absolute atomic E-state index is 3.72. The lowest BCUT2D eigenvalue weighted by Gasteiger charge is -2.36. The quantitative estimate of drug-likeness (QED) is 0.817. The van der Waals surface area contributed by atoms with Crippen molar-refractivity contribution in [3.63, 3.8) is 0 Å². The lowest BCUT2D eigenvalue weighted by molar-refractivity contribution is 0.162. The van der Waals surface area contributed by atoms with Gasteiger partial charge in [0, 0.05) is 18.6 Å². The van der Waals surface area contributed by atoms with E-state index in [0.717, 1.165) is 17.9 Å². The van der Waals surface area contributed by atoms with Crippen LogP contribution in [0.2, 0.25) is 0 Å². The summed E-state index contributed by atoms with van der Waals surface area (Å²) >= 11 is 0. The highest BCUT2D eigenvalue weighted by molar-refractivity contribution is 4.80. The summed E-state index contributed by atoms with van der Waals surface area (Å²) in [5.41, 5.74) is 0. The third-order valence-corrected chi connectivity index (χ3v) is 4.97. The lowest BCUT2D eigenvalue weighted by atomic mass is 9.81. The smallest absolute Gasteiger partial charge is 0.0197 e. The first-order valence-electron chi connectivity index (χ1n) is 8.62. The fourth-order valence-corrected chi connectivity index (χ4v) is 4.05. The molecule has 1 heterocycles. The zero-order chi connectivity index (χ0) is 13.7. The molecular formula is C17H34N2. The van der Waals surface area contributed by atoms with Crippen LogP contribution in [0.4, 0.5) is 0 Å². The summed E-state index contributed by atoms with van der Waals surface area (Å²) in [5, 5.41) is 3.72. The van der Waals surface area contributed by atoms with Gasteiger partial charge in [0.15, 0.2) is 0 Å². The number of rotatable bonds is 5. The fraction of sp³-hybridized carbons (Fsp3) is 1.00. The predicted molar refractivity (Wildman–Crippen MR) is 83.5 cm³/mol.